The first-order chi connectivity index (χ1) is 9.03. The van der Waals surface area contributed by atoms with Gasteiger partial charge in [-0.1, -0.05) is 48.1 Å². The predicted octanol–water partition coefficient (Wildman–Crippen LogP) is 3.97. The number of nitrogens with one attached hydrogen (secondary N) is 1. The molecule has 1 N–H and O–H groups in total. The van der Waals surface area contributed by atoms with Gasteiger partial charge in [0.05, 0.1) is 19.4 Å². The summed E-state index contributed by atoms with van der Waals surface area (Å²) in [5, 5.41) is 2.59. The molecule has 1 unspecified atom stereocenters. The molecule has 4 nitrogen and oxygen atoms in total. The van der Waals surface area contributed by atoms with E-state index in [0.717, 1.165) is 12.2 Å². The molecule has 1 atom stereocenters. The molecule has 0 aliphatic carbocycles. The second-order valence-corrected chi connectivity index (χ2v) is 7.00. The van der Waals surface area contributed by atoms with E-state index in [-0.39, 0.29) is 10.8 Å². The summed E-state index contributed by atoms with van der Waals surface area (Å²) in [6.07, 6.45) is 0.557. The molecule has 0 rings (SSSR count). The molecule has 0 aliphatic rings. The lowest BCUT2D eigenvalue weighted by Gasteiger charge is -2.40. The van der Waals surface area contributed by atoms with Crippen molar-refractivity contribution in [1.82, 2.24) is 5.32 Å². The van der Waals surface area contributed by atoms with Crippen LogP contribution in [0, 0.1) is 16.7 Å². The molecule has 0 saturated carbocycles. The lowest BCUT2D eigenvalue weighted by molar-refractivity contribution is 0.0699. The Morgan fingerprint density at radius 2 is 1.80 bits per heavy atom. The van der Waals surface area contributed by atoms with E-state index in [1.54, 1.807) is 0 Å². The molecule has 0 heterocycles. The summed E-state index contributed by atoms with van der Waals surface area (Å²) in [4.78, 5) is 10.9. The second-order valence-electron chi connectivity index (χ2n) is 7.00. The van der Waals surface area contributed by atoms with Crippen molar-refractivity contribution in [3.05, 3.63) is 12.3 Å². The van der Waals surface area contributed by atoms with Gasteiger partial charge in [0.15, 0.2) is 0 Å². The van der Waals surface area contributed by atoms with E-state index in [4.69, 9.17) is 4.74 Å². The molecule has 0 aromatic heterocycles. The van der Waals surface area contributed by atoms with Crippen LogP contribution in [0.1, 0.15) is 48.0 Å². The smallest absolute Gasteiger partial charge is 0.406 e. The number of methoxy groups -OCH3 is 1. The van der Waals surface area contributed by atoms with Crippen LogP contribution in [0.15, 0.2) is 12.3 Å². The molecule has 0 spiro atoms. The van der Waals surface area contributed by atoms with Gasteiger partial charge in [-0.3, -0.25) is 0 Å². The Bertz CT molecular complexity index is 331. The van der Waals surface area contributed by atoms with Gasteiger partial charge >= 0.3 is 6.09 Å². The molecule has 0 bridgehead atoms. The highest BCUT2D eigenvalue weighted by molar-refractivity contribution is 5.66. The van der Waals surface area contributed by atoms with E-state index in [1.165, 1.54) is 7.11 Å². The van der Waals surface area contributed by atoms with Gasteiger partial charge < -0.3 is 14.8 Å². The van der Waals surface area contributed by atoms with E-state index in [9.17, 15) is 4.79 Å². The SMILES string of the molecule is C=C(OCCNC(=O)OC)C(C)(CC(C)(C)C)C(C)C. The fourth-order valence-electron chi connectivity index (χ4n) is 2.29. The van der Waals surface area contributed by atoms with Gasteiger partial charge in [0.1, 0.15) is 6.61 Å². The van der Waals surface area contributed by atoms with E-state index < -0.39 is 6.09 Å². The zero-order valence-electron chi connectivity index (χ0n) is 14.1. The monoisotopic (exact) mass is 285 g/mol. The predicted molar refractivity (Wildman–Crippen MR) is 82.5 cm³/mol. The standard InChI is InChI=1S/C16H31NO3/c1-12(2)16(7,11-15(4,5)6)13(3)20-10-9-17-14(18)19-8/h12H,3,9-11H2,1-2,4-8H3,(H,17,18). The van der Waals surface area contributed by atoms with Crippen molar-refractivity contribution in [3.8, 4) is 0 Å². The minimum atomic E-state index is -0.444. The van der Waals surface area contributed by atoms with Crippen molar-refractivity contribution in [2.45, 2.75) is 48.0 Å². The highest BCUT2D eigenvalue weighted by atomic mass is 16.5. The second kappa shape index (κ2) is 7.55. The van der Waals surface area contributed by atoms with E-state index in [1.807, 2.05) is 0 Å². The zero-order valence-corrected chi connectivity index (χ0v) is 14.1. The lowest BCUT2D eigenvalue weighted by Crippen LogP contribution is -2.33. The van der Waals surface area contributed by atoms with Crippen LogP contribution in [-0.2, 0) is 9.47 Å². The highest BCUT2D eigenvalue weighted by Crippen LogP contribution is 2.44. The van der Waals surface area contributed by atoms with Crippen molar-refractivity contribution >= 4 is 6.09 Å². The number of hydrogen-bond acceptors (Lipinski definition) is 3. The first-order valence-electron chi connectivity index (χ1n) is 7.17. The van der Waals surface area contributed by atoms with Crippen molar-refractivity contribution in [2.24, 2.45) is 16.7 Å². The number of hydrogen-bond donors (Lipinski definition) is 1. The molecule has 118 valence electrons. The molecular formula is C16H31NO3. The summed E-state index contributed by atoms with van der Waals surface area (Å²) in [7, 11) is 1.34. The van der Waals surface area contributed by atoms with E-state index >= 15 is 0 Å². The fraction of sp³-hybridized carbons (Fsp3) is 0.812. The summed E-state index contributed by atoms with van der Waals surface area (Å²) in [5.41, 5.74) is 0.124. The highest BCUT2D eigenvalue weighted by Gasteiger charge is 2.36. The minimum Gasteiger partial charge on any atom is -0.496 e. The quantitative estimate of drug-likeness (QED) is 0.568. The van der Waals surface area contributed by atoms with Crippen molar-refractivity contribution in [1.29, 1.82) is 0 Å². The molecule has 4 heteroatoms. The topological polar surface area (TPSA) is 47.6 Å². The molecule has 20 heavy (non-hydrogen) atoms. The van der Waals surface area contributed by atoms with Gasteiger partial charge in [-0.15, -0.1) is 0 Å². The molecular weight excluding hydrogens is 254 g/mol. The normalized spacial score (nSPS) is 14.6. The Kier molecular flexibility index (Phi) is 7.11. The molecule has 0 saturated heterocycles. The number of allylic oxidation sites excluding steroid dienone is 1. The third-order valence-corrected chi connectivity index (χ3v) is 3.64. The van der Waals surface area contributed by atoms with Crippen LogP contribution >= 0.6 is 0 Å². The maximum atomic E-state index is 10.9. The molecule has 0 fully saturated rings. The molecule has 0 aromatic carbocycles. The summed E-state index contributed by atoms with van der Waals surface area (Å²) in [6.45, 7) is 18.2. The molecule has 0 radical (unpaired) electrons. The number of rotatable bonds is 7. The van der Waals surface area contributed by atoms with Crippen LogP contribution in [-0.4, -0.2) is 26.4 Å². The number of amides is 1. The van der Waals surface area contributed by atoms with Crippen molar-refractivity contribution < 1.29 is 14.3 Å². The van der Waals surface area contributed by atoms with Gasteiger partial charge in [0.2, 0.25) is 0 Å². The Morgan fingerprint density at radius 1 is 1.25 bits per heavy atom. The van der Waals surface area contributed by atoms with Crippen LogP contribution in [0.25, 0.3) is 0 Å². The van der Waals surface area contributed by atoms with Crippen LogP contribution < -0.4 is 5.32 Å². The Balaban J connectivity index is 4.48. The van der Waals surface area contributed by atoms with Gasteiger partial charge in [-0.05, 0) is 17.8 Å². The Labute approximate surface area is 123 Å². The average molecular weight is 285 g/mol. The number of ether oxygens (including phenoxy) is 2. The van der Waals surface area contributed by atoms with Crippen LogP contribution in [0.2, 0.25) is 0 Å². The van der Waals surface area contributed by atoms with Gasteiger partial charge in [0, 0.05) is 5.41 Å². The fourth-order valence-corrected chi connectivity index (χ4v) is 2.29. The van der Waals surface area contributed by atoms with Crippen molar-refractivity contribution in [3.63, 3.8) is 0 Å². The van der Waals surface area contributed by atoms with Crippen LogP contribution in [0.3, 0.4) is 0 Å². The summed E-state index contributed by atoms with van der Waals surface area (Å²) in [6, 6.07) is 0. The summed E-state index contributed by atoms with van der Waals surface area (Å²) in [5.74, 6) is 1.22. The van der Waals surface area contributed by atoms with Gasteiger partial charge in [-0.25, -0.2) is 4.79 Å². The van der Waals surface area contributed by atoms with Crippen LogP contribution in [0.5, 0.6) is 0 Å². The minimum absolute atomic E-state index is 0.0798. The molecule has 0 aliphatic heterocycles. The first-order valence-corrected chi connectivity index (χ1v) is 7.17. The van der Waals surface area contributed by atoms with Crippen LogP contribution in [0.4, 0.5) is 4.79 Å². The maximum Gasteiger partial charge on any atom is 0.406 e. The summed E-state index contributed by atoms with van der Waals surface area (Å²) >= 11 is 0. The largest absolute Gasteiger partial charge is 0.496 e. The zero-order chi connectivity index (χ0) is 16.0. The maximum absolute atomic E-state index is 10.9. The average Bonchev–Trinajstić information content (AvgIpc) is 2.31. The van der Waals surface area contributed by atoms with Gasteiger partial charge in [-0.2, -0.15) is 0 Å². The Hall–Kier alpha value is -1.19. The molecule has 0 aromatic rings. The van der Waals surface area contributed by atoms with Gasteiger partial charge in [0.25, 0.3) is 0 Å². The van der Waals surface area contributed by atoms with E-state index in [2.05, 4.69) is 58.2 Å². The third kappa shape index (κ3) is 6.31. The lowest BCUT2D eigenvalue weighted by atomic mass is 9.68. The van der Waals surface area contributed by atoms with Crippen molar-refractivity contribution in [2.75, 3.05) is 20.3 Å². The third-order valence-electron chi connectivity index (χ3n) is 3.64. The number of carbonyl (C=O) groups is 1. The number of alkyl carbamates (subject to hydrolysis) is 1. The summed E-state index contributed by atoms with van der Waals surface area (Å²) < 4.78 is 10.2. The first kappa shape index (κ1) is 18.8. The Morgan fingerprint density at radius 3 is 2.20 bits per heavy atom. The number of carbonyl (C=O) groups excluding carboxylic acids is 1. The van der Waals surface area contributed by atoms with E-state index in [0.29, 0.717) is 19.1 Å². The molecule has 1 amide bonds.